The second-order valence-electron chi connectivity index (χ2n) is 3.68. The molecule has 2 N–H and O–H groups in total. The molecule has 2 rings (SSSR count). The van der Waals surface area contributed by atoms with Gasteiger partial charge in [-0.2, -0.15) is 15.0 Å². The van der Waals surface area contributed by atoms with Crippen LogP contribution >= 0.6 is 0 Å². The first kappa shape index (κ1) is 12.1. The van der Waals surface area contributed by atoms with Crippen molar-refractivity contribution in [3.05, 3.63) is 23.8 Å². The van der Waals surface area contributed by atoms with Crippen LogP contribution in [0.1, 0.15) is 5.56 Å². The minimum Gasteiger partial charge on any atom is -0.497 e. The van der Waals surface area contributed by atoms with Crippen LogP contribution in [0.15, 0.2) is 18.2 Å². The SMILES string of the molecule is COc1ccc(-c2nc(N)nc(OC)n2)c(C)c1. The van der Waals surface area contributed by atoms with Crippen molar-refractivity contribution >= 4 is 5.95 Å². The van der Waals surface area contributed by atoms with E-state index in [9.17, 15) is 0 Å². The maximum absolute atomic E-state index is 5.61. The van der Waals surface area contributed by atoms with Gasteiger partial charge < -0.3 is 15.2 Å². The Morgan fingerprint density at radius 1 is 1.06 bits per heavy atom. The highest BCUT2D eigenvalue weighted by Crippen LogP contribution is 2.25. The molecule has 0 saturated carbocycles. The quantitative estimate of drug-likeness (QED) is 0.882. The van der Waals surface area contributed by atoms with Gasteiger partial charge in [-0.05, 0) is 30.7 Å². The Kier molecular flexibility index (Phi) is 3.27. The molecule has 18 heavy (non-hydrogen) atoms. The fourth-order valence-electron chi connectivity index (χ4n) is 1.60. The van der Waals surface area contributed by atoms with Crippen LogP contribution in [0.3, 0.4) is 0 Å². The van der Waals surface area contributed by atoms with Gasteiger partial charge >= 0.3 is 6.01 Å². The minimum atomic E-state index is 0.132. The first-order valence-corrected chi connectivity index (χ1v) is 5.34. The highest BCUT2D eigenvalue weighted by atomic mass is 16.5. The zero-order chi connectivity index (χ0) is 13.1. The number of nitrogens with two attached hydrogens (primary N) is 1. The molecule has 0 aliphatic rings. The zero-order valence-corrected chi connectivity index (χ0v) is 10.5. The third kappa shape index (κ3) is 2.32. The molecule has 0 bridgehead atoms. The summed E-state index contributed by atoms with van der Waals surface area (Å²) in [5.41, 5.74) is 7.46. The lowest BCUT2D eigenvalue weighted by Gasteiger charge is -2.08. The van der Waals surface area contributed by atoms with E-state index in [1.807, 2.05) is 25.1 Å². The van der Waals surface area contributed by atoms with Crippen LogP contribution in [0.25, 0.3) is 11.4 Å². The van der Waals surface area contributed by atoms with Gasteiger partial charge in [0.15, 0.2) is 5.82 Å². The van der Waals surface area contributed by atoms with E-state index in [2.05, 4.69) is 15.0 Å². The number of rotatable bonds is 3. The van der Waals surface area contributed by atoms with Crippen molar-refractivity contribution in [3.8, 4) is 23.1 Å². The second kappa shape index (κ2) is 4.87. The predicted octanol–water partition coefficient (Wildman–Crippen LogP) is 1.45. The van der Waals surface area contributed by atoms with Crippen molar-refractivity contribution in [3.63, 3.8) is 0 Å². The van der Waals surface area contributed by atoms with E-state index in [0.29, 0.717) is 5.82 Å². The number of aromatic nitrogens is 3. The Bertz CT molecular complexity index is 572. The molecule has 0 atom stereocenters. The van der Waals surface area contributed by atoms with Crippen LogP contribution in [-0.4, -0.2) is 29.2 Å². The third-order valence-electron chi connectivity index (χ3n) is 2.49. The summed E-state index contributed by atoms with van der Waals surface area (Å²) in [7, 11) is 3.11. The first-order valence-electron chi connectivity index (χ1n) is 5.34. The van der Waals surface area contributed by atoms with Crippen LogP contribution in [0.2, 0.25) is 0 Å². The van der Waals surface area contributed by atoms with Gasteiger partial charge in [-0.1, -0.05) is 0 Å². The summed E-state index contributed by atoms with van der Waals surface area (Å²) in [6.45, 7) is 1.95. The summed E-state index contributed by atoms with van der Waals surface area (Å²) >= 11 is 0. The smallest absolute Gasteiger partial charge is 0.321 e. The highest BCUT2D eigenvalue weighted by Gasteiger charge is 2.10. The number of aryl methyl sites for hydroxylation is 1. The maximum Gasteiger partial charge on any atom is 0.321 e. The molecule has 1 heterocycles. The predicted molar refractivity (Wildman–Crippen MR) is 67.5 cm³/mol. The molecule has 2 aromatic rings. The summed E-state index contributed by atoms with van der Waals surface area (Å²) in [4.78, 5) is 12.1. The Morgan fingerprint density at radius 2 is 1.83 bits per heavy atom. The van der Waals surface area contributed by atoms with E-state index < -0.39 is 0 Å². The molecule has 94 valence electrons. The number of ether oxygens (including phenoxy) is 2. The molecule has 1 aromatic carbocycles. The topological polar surface area (TPSA) is 83.2 Å². The number of nitrogens with zero attached hydrogens (tertiary/aromatic N) is 3. The molecule has 0 aliphatic carbocycles. The molecule has 0 radical (unpaired) electrons. The van der Waals surface area contributed by atoms with Crippen molar-refractivity contribution in [1.82, 2.24) is 15.0 Å². The lowest BCUT2D eigenvalue weighted by atomic mass is 10.1. The van der Waals surface area contributed by atoms with Gasteiger partial charge in [0, 0.05) is 5.56 Å². The van der Waals surface area contributed by atoms with Gasteiger partial charge in [0.1, 0.15) is 5.75 Å². The summed E-state index contributed by atoms with van der Waals surface area (Å²) < 4.78 is 10.1. The summed E-state index contributed by atoms with van der Waals surface area (Å²) in [5, 5.41) is 0. The molecule has 0 aliphatic heterocycles. The molecule has 0 saturated heterocycles. The Morgan fingerprint density at radius 3 is 2.44 bits per heavy atom. The number of methoxy groups -OCH3 is 2. The fourth-order valence-corrected chi connectivity index (χ4v) is 1.60. The highest BCUT2D eigenvalue weighted by molar-refractivity contribution is 5.62. The monoisotopic (exact) mass is 246 g/mol. The second-order valence-corrected chi connectivity index (χ2v) is 3.68. The number of nitrogen functional groups attached to an aromatic ring is 1. The van der Waals surface area contributed by atoms with Crippen LogP contribution in [0.5, 0.6) is 11.8 Å². The van der Waals surface area contributed by atoms with E-state index in [-0.39, 0.29) is 12.0 Å². The molecule has 6 heteroatoms. The van der Waals surface area contributed by atoms with Gasteiger partial charge in [0.25, 0.3) is 0 Å². The van der Waals surface area contributed by atoms with Crippen LogP contribution < -0.4 is 15.2 Å². The summed E-state index contributed by atoms with van der Waals surface area (Å²) in [5.74, 6) is 1.40. The van der Waals surface area contributed by atoms with Crippen molar-refractivity contribution in [2.75, 3.05) is 20.0 Å². The van der Waals surface area contributed by atoms with Crippen molar-refractivity contribution < 1.29 is 9.47 Å². The summed E-state index contributed by atoms with van der Waals surface area (Å²) in [6, 6.07) is 5.83. The van der Waals surface area contributed by atoms with Gasteiger partial charge in [-0.3, -0.25) is 0 Å². The van der Waals surface area contributed by atoms with Crippen molar-refractivity contribution in [2.24, 2.45) is 0 Å². The molecule has 0 amide bonds. The molecule has 0 fully saturated rings. The van der Waals surface area contributed by atoms with Crippen LogP contribution in [0.4, 0.5) is 5.95 Å². The average Bonchev–Trinajstić information content (AvgIpc) is 2.37. The van der Waals surface area contributed by atoms with Gasteiger partial charge in [0.2, 0.25) is 5.95 Å². The van der Waals surface area contributed by atoms with Crippen molar-refractivity contribution in [2.45, 2.75) is 6.92 Å². The van der Waals surface area contributed by atoms with E-state index in [4.69, 9.17) is 15.2 Å². The lowest BCUT2D eigenvalue weighted by Crippen LogP contribution is -2.03. The number of hydrogen-bond acceptors (Lipinski definition) is 6. The standard InChI is InChI=1S/C12H14N4O2/c1-7-6-8(17-2)4-5-9(7)10-14-11(13)16-12(15-10)18-3/h4-6H,1-3H3,(H2,13,14,15,16). The first-order chi connectivity index (χ1) is 8.63. The third-order valence-corrected chi connectivity index (χ3v) is 2.49. The molecule has 1 aromatic heterocycles. The normalized spacial score (nSPS) is 10.2. The molecular formula is C12H14N4O2. The largest absolute Gasteiger partial charge is 0.497 e. The van der Waals surface area contributed by atoms with E-state index in [0.717, 1.165) is 16.9 Å². The average molecular weight is 246 g/mol. The fraction of sp³-hybridized carbons (Fsp3) is 0.250. The number of hydrogen-bond donors (Lipinski definition) is 1. The lowest BCUT2D eigenvalue weighted by molar-refractivity contribution is 0.379. The molecule has 0 unspecified atom stereocenters. The Labute approximate surface area is 105 Å². The van der Waals surface area contributed by atoms with E-state index >= 15 is 0 Å². The van der Waals surface area contributed by atoms with Gasteiger partial charge in [0.05, 0.1) is 14.2 Å². The van der Waals surface area contributed by atoms with E-state index in [1.165, 1.54) is 7.11 Å². The zero-order valence-electron chi connectivity index (χ0n) is 10.5. The van der Waals surface area contributed by atoms with Crippen LogP contribution in [0, 0.1) is 6.92 Å². The Hall–Kier alpha value is -2.37. The van der Waals surface area contributed by atoms with Gasteiger partial charge in [-0.25, -0.2) is 0 Å². The molecule has 6 nitrogen and oxygen atoms in total. The van der Waals surface area contributed by atoms with Crippen molar-refractivity contribution in [1.29, 1.82) is 0 Å². The minimum absolute atomic E-state index is 0.132. The maximum atomic E-state index is 5.61. The number of benzene rings is 1. The summed E-state index contributed by atoms with van der Waals surface area (Å²) in [6.07, 6.45) is 0. The van der Waals surface area contributed by atoms with Crippen LogP contribution in [-0.2, 0) is 0 Å². The van der Waals surface area contributed by atoms with E-state index in [1.54, 1.807) is 7.11 Å². The Balaban J connectivity index is 2.51. The molecular weight excluding hydrogens is 232 g/mol. The number of anilines is 1. The molecule has 0 spiro atoms. The van der Waals surface area contributed by atoms with Gasteiger partial charge in [-0.15, -0.1) is 0 Å².